The van der Waals surface area contributed by atoms with Gasteiger partial charge >= 0.3 is 59.1 Å². The van der Waals surface area contributed by atoms with Crippen LogP contribution in [-0.2, 0) is 16.0 Å². The minimum Gasteiger partial charge on any atom is -0.550 e. The zero-order valence-electron chi connectivity index (χ0n) is 12.5. The predicted octanol–water partition coefficient (Wildman–Crippen LogP) is -7.75. The van der Waals surface area contributed by atoms with Crippen molar-refractivity contribution in [2.24, 2.45) is 5.92 Å². The van der Waals surface area contributed by atoms with E-state index in [0.29, 0.717) is 5.56 Å². The molecule has 1 unspecified atom stereocenters. The topological polar surface area (TPSA) is 130 Å². The van der Waals surface area contributed by atoms with Gasteiger partial charge < -0.3 is 19.8 Å². The number of amides is 1. The van der Waals surface area contributed by atoms with E-state index >= 15 is 0 Å². The first kappa shape index (κ1) is 23.9. The van der Waals surface area contributed by atoms with Crippen LogP contribution < -0.4 is 74.8 Å². The van der Waals surface area contributed by atoms with Crippen LogP contribution in [0.1, 0.15) is 28.8 Å². The number of benzene rings is 1. The van der Waals surface area contributed by atoms with Crippen molar-refractivity contribution in [2.75, 3.05) is 0 Å². The van der Waals surface area contributed by atoms with E-state index in [4.69, 9.17) is 5.21 Å². The van der Waals surface area contributed by atoms with Crippen molar-refractivity contribution in [1.82, 2.24) is 5.48 Å². The summed E-state index contributed by atoms with van der Waals surface area (Å²) in [6.07, 6.45) is -0.0301. The van der Waals surface area contributed by atoms with Gasteiger partial charge in [-0.2, -0.15) is 0 Å². The smallest absolute Gasteiger partial charge is 0.550 e. The monoisotopic (exact) mass is 325 g/mol. The van der Waals surface area contributed by atoms with Gasteiger partial charge in [0, 0.05) is 18.3 Å². The standard InChI is InChI=1S/C13H15NO6.2Na/c15-11(14-20)6-5-10(13(18)19)7-8-1-3-9(4-2-8)12(16)17;;/h1-4,10,20H,5-7H2,(H,14,15)(H,16,17)(H,18,19);;/q;2*+1/p-2. The first-order chi connectivity index (χ1) is 9.43. The summed E-state index contributed by atoms with van der Waals surface area (Å²) in [5.74, 6) is -4.20. The van der Waals surface area contributed by atoms with Crippen molar-refractivity contribution >= 4 is 17.8 Å². The van der Waals surface area contributed by atoms with Crippen molar-refractivity contribution in [3.63, 3.8) is 0 Å². The summed E-state index contributed by atoms with van der Waals surface area (Å²) in [5.41, 5.74) is 2.02. The van der Waals surface area contributed by atoms with E-state index in [1.165, 1.54) is 29.7 Å². The molecule has 22 heavy (non-hydrogen) atoms. The third-order valence-corrected chi connectivity index (χ3v) is 2.85. The van der Waals surface area contributed by atoms with Crippen LogP contribution >= 0.6 is 0 Å². The molecular formula is C13H13NNa2O6. The minimum absolute atomic E-state index is 0. The predicted molar refractivity (Wildman–Crippen MR) is 62.1 cm³/mol. The average Bonchev–Trinajstić information content (AvgIpc) is 2.43. The Labute approximate surface area is 171 Å². The van der Waals surface area contributed by atoms with Gasteiger partial charge in [0.15, 0.2) is 0 Å². The number of hydrogen-bond donors (Lipinski definition) is 2. The van der Waals surface area contributed by atoms with Gasteiger partial charge in [0.05, 0.1) is 5.97 Å². The molecule has 0 heterocycles. The van der Waals surface area contributed by atoms with E-state index in [2.05, 4.69) is 0 Å². The fourth-order valence-corrected chi connectivity index (χ4v) is 1.73. The van der Waals surface area contributed by atoms with Crippen molar-refractivity contribution in [1.29, 1.82) is 0 Å². The van der Waals surface area contributed by atoms with Crippen LogP contribution in [0.3, 0.4) is 0 Å². The van der Waals surface area contributed by atoms with E-state index < -0.39 is 23.8 Å². The zero-order valence-corrected chi connectivity index (χ0v) is 16.5. The number of carboxylic acid groups (broad SMARTS) is 2. The number of carbonyl (C=O) groups excluding carboxylic acids is 3. The molecule has 1 atom stereocenters. The minimum atomic E-state index is -1.31. The van der Waals surface area contributed by atoms with Gasteiger partial charge in [-0.25, -0.2) is 5.48 Å². The molecule has 0 saturated carbocycles. The van der Waals surface area contributed by atoms with Crippen LogP contribution in [0.2, 0.25) is 0 Å². The molecule has 0 bridgehead atoms. The molecule has 108 valence electrons. The Kier molecular flexibility index (Phi) is 13.1. The van der Waals surface area contributed by atoms with E-state index in [-0.39, 0.29) is 83.9 Å². The van der Waals surface area contributed by atoms with Crippen molar-refractivity contribution < 1.29 is 88.9 Å². The Bertz CT molecular complexity index is 506. The Morgan fingerprint density at radius 2 is 1.64 bits per heavy atom. The fraction of sp³-hybridized carbons (Fsp3) is 0.308. The third kappa shape index (κ3) is 8.28. The Morgan fingerprint density at radius 1 is 1.09 bits per heavy atom. The van der Waals surface area contributed by atoms with Crippen LogP contribution in [0, 0.1) is 5.92 Å². The van der Waals surface area contributed by atoms with E-state index in [9.17, 15) is 24.6 Å². The van der Waals surface area contributed by atoms with Gasteiger partial charge in [0.2, 0.25) is 5.91 Å². The SMILES string of the molecule is O=C(CCC(Cc1ccc(C(=O)[O-])cc1)C(=O)[O-])NO.[Na+].[Na+]. The molecule has 1 rings (SSSR count). The molecule has 0 aliphatic rings. The molecule has 0 fully saturated rings. The van der Waals surface area contributed by atoms with E-state index in [0.717, 1.165) is 0 Å². The van der Waals surface area contributed by atoms with Crippen LogP contribution in [-0.4, -0.2) is 23.1 Å². The summed E-state index contributed by atoms with van der Waals surface area (Å²) < 4.78 is 0. The Balaban J connectivity index is 0. The molecule has 0 radical (unpaired) electrons. The first-order valence-corrected chi connectivity index (χ1v) is 5.88. The van der Waals surface area contributed by atoms with Crippen LogP contribution in [0.5, 0.6) is 0 Å². The Hall–Kier alpha value is -0.410. The maximum Gasteiger partial charge on any atom is 1.00 e. The summed E-state index contributed by atoms with van der Waals surface area (Å²) in [6.45, 7) is 0. The number of rotatable bonds is 7. The first-order valence-electron chi connectivity index (χ1n) is 5.88. The number of aromatic carboxylic acids is 1. The van der Waals surface area contributed by atoms with Crippen molar-refractivity contribution in [3.8, 4) is 0 Å². The molecular weight excluding hydrogens is 312 g/mol. The number of hydroxylamine groups is 1. The maximum absolute atomic E-state index is 11.0. The van der Waals surface area contributed by atoms with Crippen LogP contribution in [0.25, 0.3) is 0 Å². The molecule has 1 amide bonds. The number of nitrogens with one attached hydrogen (secondary N) is 1. The fourth-order valence-electron chi connectivity index (χ4n) is 1.73. The molecule has 0 saturated heterocycles. The molecule has 0 spiro atoms. The maximum atomic E-state index is 11.0. The van der Waals surface area contributed by atoms with Crippen LogP contribution in [0.4, 0.5) is 0 Å². The normalized spacial score (nSPS) is 10.6. The second kappa shape index (κ2) is 12.1. The molecule has 0 aromatic heterocycles. The largest absolute Gasteiger partial charge is 1.00 e. The molecule has 1 aromatic carbocycles. The number of aliphatic carboxylic acids is 1. The van der Waals surface area contributed by atoms with Gasteiger partial charge in [-0.15, -0.1) is 0 Å². The molecule has 2 N–H and O–H groups in total. The van der Waals surface area contributed by atoms with Gasteiger partial charge in [0.25, 0.3) is 0 Å². The van der Waals surface area contributed by atoms with Crippen molar-refractivity contribution in [2.45, 2.75) is 19.3 Å². The summed E-state index contributed by atoms with van der Waals surface area (Å²) >= 11 is 0. The molecule has 1 aromatic rings. The summed E-state index contributed by atoms with van der Waals surface area (Å²) in [7, 11) is 0. The second-order valence-electron chi connectivity index (χ2n) is 4.28. The summed E-state index contributed by atoms with van der Waals surface area (Å²) in [6, 6.07) is 5.59. The number of hydrogen-bond acceptors (Lipinski definition) is 6. The van der Waals surface area contributed by atoms with Gasteiger partial charge in [-0.3, -0.25) is 10.0 Å². The average molecular weight is 325 g/mol. The second-order valence-corrected chi connectivity index (χ2v) is 4.28. The zero-order chi connectivity index (χ0) is 15.1. The van der Waals surface area contributed by atoms with E-state index in [1.54, 1.807) is 0 Å². The molecule has 7 nitrogen and oxygen atoms in total. The van der Waals surface area contributed by atoms with Crippen molar-refractivity contribution in [3.05, 3.63) is 35.4 Å². The quantitative estimate of drug-likeness (QED) is 0.291. The van der Waals surface area contributed by atoms with E-state index in [1.807, 2.05) is 0 Å². The van der Waals surface area contributed by atoms with Gasteiger partial charge in [0.1, 0.15) is 0 Å². The van der Waals surface area contributed by atoms with Gasteiger partial charge in [-0.05, 0) is 24.0 Å². The van der Waals surface area contributed by atoms with Crippen LogP contribution in [0.15, 0.2) is 24.3 Å². The molecule has 0 aliphatic heterocycles. The molecule has 9 heteroatoms. The summed E-state index contributed by atoms with van der Waals surface area (Å²) in [5, 5.41) is 29.9. The third-order valence-electron chi connectivity index (χ3n) is 2.85. The Morgan fingerprint density at radius 3 is 2.05 bits per heavy atom. The summed E-state index contributed by atoms with van der Waals surface area (Å²) in [4.78, 5) is 32.4. The molecule has 0 aliphatic carbocycles. The number of carbonyl (C=O) groups is 3. The number of carboxylic acids is 2. The van der Waals surface area contributed by atoms with Gasteiger partial charge in [-0.1, -0.05) is 24.3 Å².